The monoisotopic (exact) mass is 1180 g/mol. The summed E-state index contributed by atoms with van der Waals surface area (Å²) in [5, 5.41) is 71.4. The predicted molar refractivity (Wildman–Crippen MR) is 205 cm³/mol. The molecule has 0 spiro atoms. The first-order chi connectivity index (χ1) is 27.0. The van der Waals surface area contributed by atoms with Crippen molar-refractivity contribution in [2.75, 3.05) is 13.2 Å². The SMILES string of the molecule is C.CCOC(=O)CC1OB(O)c2cc(O)cc(C)c21.CCOC(=O)CC1OB(O)c2cc(Oc3nnc([N+](=O)[O-])s3)cc(C)c21.O=CO[O-].O=[N+]([O-])c1nnc(Br)s1.[Cs+].[Cs+].[H-]. The van der Waals surface area contributed by atoms with Gasteiger partial charge in [-0.2, -0.15) is 0 Å². The van der Waals surface area contributed by atoms with Crippen LogP contribution in [0.2, 0.25) is 0 Å². The molecule has 3 N–H and O–H groups in total. The van der Waals surface area contributed by atoms with Crippen LogP contribution in [0.4, 0.5) is 10.3 Å². The van der Waals surface area contributed by atoms with Gasteiger partial charge in [-0.3, -0.25) is 14.4 Å². The number of hydrogen-bond donors (Lipinski definition) is 3. The maximum Gasteiger partial charge on any atom is 1.00 e. The molecular formula is C30H35B2BrCs2N6O17S2. The average Bonchev–Trinajstić information content (AvgIpc) is 3.93. The number of aryl methyl sites for hydroxylation is 2. The Morgan fingerprint density at radius 3 is 1.72 bits per heavy atom. The van der Waals surface area contributed by atoms with Crippen molar-refractivity contribution >= 4 is 92.4 Å². The fourth-order valence-electron chi connectivity index (χ4n) is 5.27. The summed E-state index contributed by atoms with van der Waals surface area (Å²) in [6, 6.07) is 6.26. The third kappa shape index (κ3) is 17.8. The average molecular weight is 1180 g/mol. The molecule has 0 saturated heterocycles. The van der Waals surface area contributed by atoms with Crippen molar-refractivity contribution in [2.45, 2.75) is 60.2 Å². The Labute approximate surface area is 477 Å². The number of nitrogens with zero attached hydrogens (tertiary/aromatic N) is 6. The molecule has 2 aliphatic rings. The number of benzene rings is 2. The number of ether oxygens (including phenoxy) is 3. The summed E-state index contributed by atoms with van der Waals surface area (Å²) in [5.41, 5.74) is 3.96. The van der Waals surface area contributed by atoms with Gasteiger partial charge >= 0.3 is 179 Å². The molecule has 6 rings (SSSR count). The molecule has 0 radical (unpaired) electrons. The van der Waals surface area contributed by atoms with Crippen molar-refractivity contribution in [2.24, 2.45) is 0 Å². The first-order valence-electron chi connectivity index (χ1n) is 16.0. The number of nitro groups is 2. The van der Waals surface area contributed by atoms with Crippen molar-refractivity contribution in [1.29, 1.82) is 0 Å². The fraction of sp³-hybridized carbons (Fsp3) is 0.367. The molecule has 2 aromatic carbocycles. The molecule has 60 heavy (non-hydrogen) atoms. The summed E-state index contributed by atoms with van der Waals surface area (Å²) < 4.78 is 26.5. The fourth-order valence-corrected chi connectivity index (χ4v) is 6.71. The number of hydrogen-bond acceptors (Lipinski definition) is 23. The topological polar surface area (TPSA) is 328 Å². The maximum absolute atomic E-state index is 11.7. The molecule has 0 bridgehead atoms. The number of esters is 2. The quantitative estimate of drug-likeness (QED) is 0.0322. The van der Waals surface area contributed by atoms with Gasteiger partial charge in [0, 0.05) is 16.4 Å². The van der Waals surface area contributed by atoms with Crippen molar-refractivity contribution in [3.63, 3.8) is 0 Å². The van der Waals surface area contributed by atoms with Gasteiger partial charge < -0.3 is 70.5 Å². The standard InChI is InChI=1S/C14H14BN3O7S.C12H15BO5.C2BrN3O2S.CH2O3.CH4.2Cs.H/c1-3-23-11(19)6-10-12-7(2)4-8(5-9(12)15(20)25-10)24-14-17-16-13(26-14)18(21)22;1-3-17-11(15)6-10-12-7(2)4-8(14)5-9(12)13(16)18-10;3-1-4-5-2(9-1)6(7)8;2-1-4-3;;;;/h4-5,10,20H,3,6H2,1-2H3;4-5,10,14,16H,3,6H2,1-2H3;;1,3H;1H4;;;/q;;;;;2*+1;-1/p-1. The second kappa shape index (κ2) is 29.4. The number of phenolic OH excluding ortho intramolecular Hbond substituents is 1. The van der Waals surface area contributed by atoms with Crippen LogP contribution in [-0.2, 0) is 38.1 Å². The summed E-state index contributed by atoms with van der Waals surface area (Å²) >= 11 is 4.52. The number of carbonyl (C=O) groups is 3. The summed E-state index contributed by atoms with van der Waals surface area (Å²) in [5.74, 6) is -0.383. The summed E-state index contributed by atoms with van der Waals surface area (Å²) in [4.78, 5) is 53.8. The molecule has 0 aliphatic carbocycles. The number of rotatable bonds is 11. The largest absolute Gasteiger partial charge is 1.00 e. The van der Waals surface area contributed by atoms with Gasteiger partial charge in [0.15, 0.2) is 0 Å². The number of halogens is 1. The van der Waals surface area contributed by atoms with Gasteiger partial charge in [0.25, 0.3) is 6.47 Å². The number of fused-ring (bicyclic) bond motifs is 2. The normalized spacial score (nSPS) is 13.9. The minimum absolute atomic E-state index is 0. The Morgan fingerprint density at radius 1 is 0.867 bits per heavy atom. The number of carbonyl (C=O) groups excluding carboxylic acids is 3. The molecule has 2 aliphatic heterocycles. The summed E-state index contributed by atoms with van der Waals surface area (Å²) in [6.07, 6.45) is -1.09. The van der Waals surface area contributed by atoms with E-state index in [1.807, 2.05) is 0 Å². The van der Waals surface area contributed by atoms with E-state index in [9.17, 15) is 45.0 Å². The zero-order chi connectivity index (χ0) is 42.4. The number of aromatic nitrogens is 4. The second-order valence-electron chi connectivity index (χ2n) is 11.0. The minimum Gasteiger partial charge on any atom is -1.00 e. The van der Waals surface area contributed by atoms with Crippen molar-refractivity contribution < 1.29 is 212 Å². The summed E-state index contributed by atoms with van der Waals surface area (Å²) in [6.45, 7) is 7.44. The van der Waals surface area contributed by atoms with Crippen LogP contribution in [0.5, 0.6) is 16.7 Å². The van der Waals surface area contributed by atoms with Gasteiger partial charge in [-0.05, 0) is 127 Å². The van der Waals surface area contributed by atoms with Gasteiger partial charge in [0.2, 0.25) is 3.92 Å². The molecule has 30 heteroatoms. The van der Waals surface area contributed by atoms with Crippen LogP contribution in [0.15, 0.2) is 28.2 Å². The molecule has 2 unspecified atom stereocenters. The smallest absolute Gasteiger partial charge is 1.00 e. The Morgan fingerprint density at radius 2 is 1.32 bits per heavy atom. The molecular weight excluding hydrogens is 1150 g/mol. The van der Waals surface area contributed by atoms with E-state index in [-0.39, 0.29) is 200 Å². The van der Waals surface area contributed by atoms with Crippen LogP contribution in [-0.4, -0.2) is 91.3 Å². The third-order valence-corrected chi connectivity index (χ3v) is 9.28. The maximum atomic E-state index is 11.7. The van der Waals surface area contributed by atoms with E-state index in [0.29, 0.717) is 44.1 Å². The van der Waals surface area contributed by atoms with E-state index in [0.717, 1.165) is 28.0 Å². The second-order valence-corrected chi connectivity index (χ2v) is 14.1. The van der Waals surface area contributed by atoms with Gasteiger partial charge in [-0.15, -0.1) is 0 Å². The molecule has 314 valence electrons. The first kappa shape index (κ1) is 58.9. The zero-order valence-electron chi connectivity index (χ0n) is 33.0. The third-order valence-electron chi connectivity index (χ3n) is 7.22. The first-order valence-corrected chi connectivity index (χ1v) is 18.4. The van der Waals surface area contributed by atoms with Crippen molar-refractivity contribution in [3.8, 4) is 16.7 Å². The van der Waals surface area contributed by atoms with E-state index in [4.69, 9.17) is 33.6 Å². The predicted octanol–water partition coefficient (Wildman–Crippen LogP) is -3.93. The Balaban J connectivity index is 0. The molecule has 23 nitrogen and oxygen atoms in total. The summed E-state index contributed by atoms with van der Waals surface area (Å²) in [7, 11) is -2.32. The van der Waals surface area contributed by atoms with Gasteiger partial charge in [-0.25, -0.2) is 0 Å². The van der Waals surface area contributed by atoms with Crippen LogP contribution in [0.1, 0.15) is 70.0 Å². The van der Waals surface area contributed by atoms with E-state index in [1.165, 1.54) is 6.07 Å². The van der Waals surface area contributed by atoms with E-state index < -0.39 is 42.3 Å². The molecule has 4 aromatic rings. The molecule has 2 aromatic heterocycles. The van der Waals surface area contributed by atoms with Gasteiger partial charge in [0.1, 0.15) is 16.6 Å². The Bertz CT molecular complexity index is 2080. The molecule has 0 saturated carbocycles. The van der Waals surface area contributed by atoms with Crippen molar-refractivity contribution in [1.82, 2.24) is 20.4 Å². The minimum atomic E-state index is -1.21. The van der Waals surface area contributed by atoms with E-state index in [2.05, 4.69) is 41.2 Å². The van der Waals surface area contributed by atoms with E-state index >= 15 is 0 Å². The van der Waals surface area contributed by atoms with Crippen LogP contribution >= 0.6 is 38.6 Å². The van der Waals surface area contributed by atoms with Crippen LogP contribution in [0.25, 0.3) is 0 Å². The Hall–Kier alpha value is -1.12. The zero-order valence-corrected chi connectivity index (χ0v) is 47.7. The van der Waals surface area contributed by atoms with Crippen LogP contribution < -0.4 is 159 Å². The van der Waals surface area contributed by atoms with Crippen LogP contribution in [0.3, 0.4) is 0 Å². The number of aromatic hydroxyl groups is 1. The molecule has 0 amide bonds. The molecule has 4 heterocycles. The van der Waals surface area contributed by atoms with E-state index in [1.54, 1.807) is 45.9 Å². The number of phenols is 1. The molecule has 2 atom stereocenters. The Kier molecular flexibility index (Phi) is 28.8. The van der Waals surface area contributed by atoms with Crippen molar-refractivity contribution in [3.05, 3.63) is 70.7 Å². The van der Waals surface area contributed by atoms with Gasteiger partial charge in [0.05, 0.1) is 43.4 Å². The van der Waals surface area contributed by atoms with Crippen LogP contribution in [0, 0.1) is 34.1 Å². The molecule has 0 fully saturated rings. The van der Waals surface area contributed by atoms with Gasteiger partial charge in [-0.1, -0.05) is 7.43 Å².